The van der Waals surface area contributed by atoms with Crippen LogP contribution < -0.4 is 20.1 Å². The zero-order valence-corrected chi connectivity index (χ0v) is 16.9. The van der Waals surface area contributed by atoms with Crippen molar-refractivity contribution in [2.45, 2.75) is 13.3 Å². The number of hydrogen-bond acceptors (Lipinski definition) is 5. The summed E-state index contributed by atoms with van der Waals surface area (Å²) in [7, 11) is 1.65. The predicted molar refractivity (Wildman–Crippen MR) is 116 cm³/mol. The molecule has 1 aliphatic rings. The summed E-state index contributed by atoms with van der Waals surface area (Å²) in [6, 6.07) is 18.2. The molecule has 1 N–H and O–H groups in total. The van der Waals surface area contributed by atoms with E-state index in [1.165, 1.54) is 5.69 Å². The van der Waals surface area contributed by atoms with Crippen LogP contribution in [0, 0.1) is 6.92 Å². The Balaban J connectivity index is 1.46. The summed E-state index contributed by atoms with van der Waals surface area (Å²) in [5.74, 6) is 1.47. The number of piperazine rings is 1. The summed E-state index contributed by atoms with van der Waals surface area (Å²) in [5, 5.41) is 0. The van der Waals surface area contributed by atoms with Gasteiger partial charge in [-0.2, -0.15) is 0 Å². The van der Waals surface area contributed by atoms with E-state index in [2.05, 4.69) is 39.0 Å². The number of aromatic amines is 1. The average Bonchev–Trinajstić information content (AvgIpc) is 2.77. The number of aryl methyl sites for hydroxylation is 1. The van der Waals surface area contributed by atoms with Crippen molar-refractivity contribution in [3.63, 3.8) is 0 Å². The molecule has 29 heavy (non-hydrogen) atoms. The number of benzene rings is 2. The number of hydrogen-bond donors (Lipinski definition) is 1. The summed E-state index contributed by atoms with van der Waals surface area (Å²) < 4.78 is 5.20. The van der Waals surface area contributed by atoms with Crippen molar-refractivity contribution in [1.82, 2.24) is 9.97 Å². The van der Waals surface area contributed by atoms with E-state index in [4.69, 9.17) is 9.72 Å². The molecule has 0 atom stereocenters. The predicted octanol–water partition coefficient (Wildman–Crippen LogP) is 3.00. The second-order valence-electron chi connectivity index (χ2n) is 7.29. The fourth-order valence-corrected chi connectivity index (χ4v) is 3.72. The molecule has 0 unspecified atom stereocenters. The highest BCUT2D eigenvalue weighted by Gasteiger charge is 2.20. The molecule has 1 aromatic heterocycles. The fraction of sp³-hybridized carbons (Fsp3) is 0.304. The number of ether oxygens (including phenoxy) is 1. The summed E-state index contributed by atoms with van der Waals surface area (Å²) in [6.07, 6.45) is 0.556. The second-order valence-corrected chi connectivity index (χ2v) is 7.29. The number of anilines is 2. The van der Waals surface area contributed by atoms with Crippen molar-refractivity contribution < 1.29 is 4.74 Å². The van der Waals surface area contributed by atoms with E-state index in [9.17, 15) is 4.79 Å². The minimum Gasteiger partial charge on any atom is -0.497 e. The van der Waals surface area contributed by atoms with Crippen LogP contribution in [-0.2, 0) is 6.42 Å². The molecule has 1 fully saturated rings. The lowest BCUT2D eigenvalue weighted by Crippen LogP contribution is -2.47. The van der Waals surface area contributed by atoms with E-state index in [0.717, 1.165) is 43.2 Å². The van der Waals surface area contributed by atoms with Gasteiger partial charge < -0.3 is 14.5 Å². The minimum atomic E-state index is -0.0613. The van der Waals surface area contributed by atoms with Gasteiger partial charge in [-0.3, -0.25) is 9.78 Å². The molecule has 1 aliphatic heterocycles. The first-order valence-electron chi connectivity index (χ1n) is 9.91. The molecule has 3 aromatic rings. The average molecular weight is 390 g/mol. The van der Waals surface area contributed by atoms with Crippen molar-refractivity contribution in [3.8, 4) is 5.75 Å². The summed E-state index contributed by atoms with van der Waals surface area (Å²) in [6.45, 7) is 5.38. The van der Waals surface area contributed by atoms with Crippen LogP contribution >= 0.6 is 0 Å². The molecule has 0 radical (unpaired) electrons. The Bertz CT molecular complexity index is 1010. The smallest absolute Gasteiger partial charge is 0.256 e. The van der Waals surface area contributed by atoms with Gasteiger partial charge in [0, 0.05) is 43.9 Å². The number of nitrogens with zero attached hydrogens (tertiary/aromatic N) is 3. The minimum absolute atomic E-state index is 0.0613. The van der Waals surface area contributed by atoms with Gasteiger partial charge in [0.05, 0.1) is 12.8 Å². The van der Waals surface area contributed by atoms with Crippen LogP contribution in [0.3, 0.4) is 0 Å². The molecular formula is C23H26N4O2. The third kappa shape index (κ3) is 4.26. The molecule has 1 saturated heterocycles. The molecule has 0 aliphatic carbocycles. The first-order valence-corrected chi connectivity index (χ1v) is 9.91. The number of aromatic nitrogens is 2. The Hall–Kier alpha value is -3.28. The van der Waals surface area contributed by atoms with E-state index in [1.807, 2.05) is 37.3 Å². The van der Waals surface area contributed by atoms with Gasteiger partial charge in [0.1, 0.15) is 5.75 Å². The molecule has 6 heteroatoms. The number of para-hydroxylation sites is 1. The maximum absolute atomic E-state index is 12.8. The van der Waals surface area contributed by atoms with Gasteiger partial charge in [0.15, 0.2) is 0 Å². The largest absolute Gasteiger partial charge is 0.497 e. The maximum Gasteiger partial charge on any atom is 0.256 e. The molecule has 0 amide bonds. The topological polar surface area (TPSA) is 61.5 Å². The molecule has 6 nitrogen and oxygen atoms in total. The molecule has 4 rings (SSSR count). The van der Waals surface area contributed by atoms with Gasteiger partial charge in [-0.15, -0.1) is 0 Å². The van der Waals surface area contributed by atoms with E-state index >= 15 is 0 Å². The molecule has 150 valence electrons. The van der Waals surface area contributed by atoms with Crippen LogP contribution in [0.1, 0.15) is 16.8 Å². The number of H-pyrrole nitrogens is 1. The van der Waals surface area contributed by atoms with E-state index in [0.29, 0.717) is 17.9 Å². The summed E-state index contributed by atoms with van der Waals surface area (Å²) in [5.41, 5.74) is 3.73. The third-order valence-electron chi connectivity index (χ3n) is 5.45. The van der Waals surface area contributed by atoms with Gasteiger partial charge in [-0.25, -0.2) is 4.98 Å². The summed E-state index contributed by atoms with van der Waals surface area (Å²) in [4.78, 5) is 25.0. The lowest BCUT2D eigenvalue weighted by molar-refractivity contribution is 0.414. The van der Waals surface area contributed by atoms with Gasteiger partial charge >= 0.3 is 0 Å². The molecule has 0 saturated carbocycles. The Kier molecular flexibility index (Phi) is 5.51. The van der Waals surface area contributed by atoms with Crippen molar-refractivity contribution in [3.05, 3.63) is 81.8 Å². The lowest BCUT2D eigenvalue weighted by Gasteiger charge is -2.36. The van der Waals surface area contributed by atoms with Crippen LogP contribution in [0.2, 0.25) is 0 Å². The third-order valence-corrected chi connectivity index (χ3v) is 5.45. The fourth-order valence-electron chi connectivity index (χ4n) is 3.72. The molecule has 2 aromatic carbocycles. The van der Waals surface area contributed by atoms with Crippen LogP contribution in [-0.4, -0.2) is 43.3 Å². The molecule has 0 bridgehead atoms. The van der Waals surface area contributed by atoms with Crippen LogP contribution in [0.5, 0.6) is 5.75 Å². The first kappa shape index (κ1) is 19.1. The Morgan fingerprint density at radius 3 is 2.24 bits per heavy atom. The quantitative estimate of drug-likeness (QED) is 0.726. The van der Waals surface area contributed by atoms with E-state index in [1.54, 1.807) is 7.11 Å². The zero-order chi connectivity index (χ0) is 20.2. The standard InChI is InChI=1S/C23H26N4O2/c1-17-21(16-18-8-10-20(29-2)11-9-18)22(28)25-23(24-17)27-14-12-26(13-15-27)19-6-4-3-5-7-19/h3-11H,12-16H2,1-2H3,(H,24,25,28). The lowest BCUT2D eigenvalue weighted by atomic mass is 10.1. The first-order chi connectivity index (χ1) is 14.1. The van der Waals surface area contributed by atoms with Gasteiger partial charge in [0.2, 0.25) is 5.95 Å². The van der Waals surface area contributed by atoms with Crippen LogP contribution in [0.25, 0.3) is 0 Å². The van der Waals surface area contributed by atoms with Crippen molar-refractivity contribution in [2.75, 3.05) is 43.1 Å². The highest BCUT2D eigenvalue weighted by Crippen LogP contribution is 2.19. The number of rotatable bonds is 5. The van der Waals surface area contributed by atoms with Gasteiger partial charge in [0.25, 0.3) is 5.56 Å². The zero-order valence-electron chi connectivity index (χ0n) is 16.9. The molecule has 0 spiro atoms. The monoisotopic (exact) mass is 390 g/mol. The second kappa shape index (κ2) is 8.39. The molecular weight excluding hydrogens is 364 g/mol. The Morgan fingerprint density at radius 1 is 0.966 bits per heavy atom. The van der Waals surface area contributed by atoms with Crippen LogP contribution in [0.4, 0.5) is 11.6 Å². The number of nitrogens with one attached hydrogen (secondary N) is 1. The normalized spacial score (nSPS) is 14.1. The maximum atomic E-state index is 12.8. The van der Waals surface area contributed by atoms with Crippen molar-refractivity contribution in [1.29, 1.82) is 0 Å². The SMILES string of the molecule is COc1ccc(Cc2c(C)nc(N3CCN(c4ccccc4)CC3)[nH]c2=O)cc1. The summed E-state index contributed by atoms with van der Waals surface area (Å²) >= 11 is 0. The van der Waals surface area contributed by atoms with Crippen molar-refractivity contribution >= 4 is 11.6 Å². The van der Waals surface area contributed by atoms with Crippen molar-refractivity contribution in [2.24, 2.45) is 0 Å². The van der Waals surface area contributed by atoms with Gasteiger partial charge in [-0.05, 0) is 36.8 Å². The highest BCUT2D eigenvalue weighted by atomic mass is 16.5. The molecule has 2 heterocycles. The van der Waals surface area contributed by atoms with Gasteiger partial charge in [-0.1, -0.05) is 30.3 Å². The Labute approximate surface area is 170 Å². The van der Waals surface area contributed by atoms with Crippen LogP contribution in [0.15, 0.2) is 59.4 Å². The Morgan fingerprint density at radius 2 is 1.62 bits per heavy atom. The highest BCUT2D eigenvalue weighted by molar-refractivity contribution is 5.48. The van der Waals surface area contributed by atoms with E-state index < -0.39 is 0 Å². The number of methoxy groups -OCH3 is 1. The van der Waals surface area contributed by atoms with E-state index in [-0.39, 0.29) is 5.56 Å².